The summed E-state index contributed by atoms with van der Waals surface area (Å²) in [7, 11) is 0. The van der Waals surface area contributed by atoms with Crippen LogP contribution in [0.2, 0.25) is 10.0 Å². The Morgan fingerprint density at radius 2 is 2.03 bits per heavy atom. The molecule has 2 aliphatic heterocycles. The van der Waals surface area contributed by atoms with E-state index in [1.54, 1.807) is 50.3 Å². The number of nitrogens with zero attached hydrogens (tertiary/aromatic N) is 2. The standard InChI is InChI=1S/C24H18Cl2N2O5S/c1-3-31-23(30)20-12(2)27-24-28(21(20)14-5-7-17-18(8-14)33-11-32-17)22(29)19(34-24)9-13-4-6-15(25)10-16(13)26/h4-10,21H,3,11H2,1-2H3/b19-9+. The molecule has 0 bridgehead atoms. The summed E-state index contributed by atoms with van der Waals surface area (Å²) in [5.41, 5.74) is 1.81. The van der Waals surface area contributed by atoms with Gasteiger partial charge in [-0.25, -0.2) is 9.79 Å². The number of thiazole rings is 1. The van der Waals surface area contributed by atoms with E-state index in [0.29, 0.717) is 53.3 Å². The second-order valence-electron chi connectivity index (χ2n) is 7.58. The minimum atomic E-state index is -0.743. The van der Waals surface area contributed by atoms with Crippen LogP contribution in [0.1, 0.15) is 31.0 Å². The predicted octanol–water partition coefficient (Wildman–Crippen LogP) is 3.83. The van der Waals surface area contributed by atoms with Gasteiger partial charge in [-0.2, -0.15) is 0 Å². The SMILES string of the molecule is CCOC(=O)C1=C(C)N=c2s/c(=C/c3ccc(Cl)cc3Cl)c(=O)n2C1c1ccc2c(c1)OCO2. The molecule has 1 atom stereocenters. The minimum absolute atomic E-state index is 0.114. The van der Waals surface area contributed by atoms with Crippen LogP contribution in [0, 0.1) is 0 Å². The van der Waals surface area contributed by atoms with Crippen molar-refractivity contribution < 1.29 is 19.0 Å². The number of rotatable bonds is 4. The lowest BCUT2D eigenvalue weighted by Gasteiger charge is -2.24. The van der Waals surface area contributed by atoms with Crippen molar-refractivity contribution in [1.82, 2.24) is 4.57 Å². The van der Waals surface area contributed by atoms with E-state index in [1.807, 2.05) is 6.07 Å². The van der Waals surface area contributed by atoms with Crippen molar-refractivity contribution in [3.05, 3.63) is 88.5 Å². The molecular formula is C24H18Cl2N2O5S. The quantitative estimate of drug-likeness (QED) is 0.492. The van der Waals surface area contributed by atoms with Crippen LogP contribution in [-0.4, -0.2) is 23.9 Å². The molecule has 5 rings (SSSR count). The maximum atomic E-state index is 13.6. The zero-order chi connectivity index (χ0) is 24.0. The molecule has 0 N–H and O–H groups in total. The highest BCUT2D eigenvalue weighted by molar-refractivity contribution is 7.07. The zero-order valence-electron chi connectivity index (χ0n) is 18.1. The normalized spacial score (nSPS) is 16.9. The summed E-state index contributed by atoms with van der Waals surface area (Å²) in [5.74, 6) is 0.624. The Bertz CT molecular complexity index is 1540. The maximum absolute atomic E-state index is 13.6. The van der Waals surface area contributed by atoms with Gasteiger partial charge < -0.3 is 14.2 Å². The average molecular weight is 517 g/mol. The summed E-state index contributed by atoms with van der Waals surface area (Å²) in [6, 6.07) is 9.67. The molecule has 0 saturated heterocycles. The van der Waals surface area contributed by atoms with E-state index in [1.165, 1.54) is 15.9 Å². The molecule has 2 aromatic carbocycles. The van der Waals surface area contributed by atoms with E-state index >= 15 is 0 Å². The number of benzene rings is 2. The molecule has 0 radical (unpaired) electrons. The molecule has 2 aliphatic rings. The van der Waals surface area contributed by atoms with Crippen LogP contribution in [0.5, 0.6) is 11.5 Å². The van der Waals surface area contributed by atoms with E-state index in [0.717, 1.165) is 0 Å². The van der Waals surface area contributed by atoms with Crippen molar-refractivity contribution in [1.29, 1.82) is 0 Å². The first-order chi connectivity index (χ1) is 16.4. The molecule has 7 nitrogen and oxygen atoms in total. The largest absolute Gasteiger partial charge is 0.463 e. The van der Waals surface area contributed by atoms with E-state index in [4.69, 9.17) is 37.4 Å². The molecule has 0 aliphatic carbocycles. The van der Waals surface area contributed by atoms with Crippen molar-refractivity contribution in [2.24, 2.45) is 4.99 Å². The molecule has 3 aromatic rings. The smallest absolute Gasteiger partial charge is 0.338 e. The van der Waals surface area contributed by atoms with Crippen LogP contribution in [0.4, 0.5) is 0 Å². The van der Waals surface area contributed by atoms with Gasteiger partial charge in [0.15, 0.2) is 16.3 Å². The third kappa shape index (κ3) is 3.91. The third-order valence-corrected chi connectivity index (χ3v) is 7.02. The predicted molar refractivity (Wildman–Crippen MR) is 129 cm³/mol. The van der Waals surface area contributed by atoms with Crippen molar-refractivity contribution in [3.63, 3.8) is 0 Å². The number of esters is 1. The second kappa shape index (κ2) is 8.94. The highest BCUT2D eigenvalue weighted by Gasteiger charge is 2.34. The molecular weight excluding hydrogens is 499 g/mol. The number of hydrogen-bond acceptors (Lipinski definition) is 7. The van der Waals surface area contributed by atoms with Gasteiger partial charge in [-0.05, 0) is 55.3 Å². The molecule has 174 valence electrons. The van der Waals surface area contributed by atoms with Gasteiger partial charge in [-0.15, -0.1) is 0 Å². The molecule has 0 fully saturated rings. The molecule has 0 saturated carbocycles. The summed E-state index contributed by atoms with van der Waals surface area (Å²) < 4.78 is 18.2. The fourth-order valence-corrected chi connectivity index (χ4v) is 5.45. The van der Waals surface area contributed by atoms with Gasteiger partial charge in [0.2, 0.25) is 6.79 Å². The van der Waals surface area contributed by atoms with Crippen LogP contribution in [0.25, 0.3) is 6.08 Å². The van der Waals surface area contributed by atoms with Gasteiger partial charge in [0.05, 0.1) is 28.5 Å². The molecule has 0 amide bonds. The molecule has 1 aromatic heterocycles. The molecule has 0 spiro atoms. The number of hydrogen-bond donors (Lipinski definition) is 0. The maximum Gasteiger partial charge on any atom is 0.338 e. The van der Waals surface area contributed by atoms with Gasteiger partial charge in [0.25, 0.3) is 5.56 Å². The van der Waals surface area contributed by atoms with Gasteiger partial charge in [-0.1, -0.05) is 46.7 Å². The number of ether oxygens (including phenoxy) is 3. The lowest BCUT2D eigenvalue weighted by atomic mass is 9.95. The number of carbonyl (C=O) groups is 1. The first kappa shape index (κ1) is 22.7. The van der Waals surface area contributed by atoms with Gasteiger partial charge in [0.1, 0.15) is 0 Å². The van der Waals surface area contributed by atoms with Crippen LogP contribution in [-0.2, 0) is 9.53 Å². The Morgan fingerprint density at radius 3 is 2.79 bits per heavy atom. The number of halogens is 2. The minimum Gasteiger partial charge on any atom is -0.463 e. The Hall–Kier alpha value is -3.07. The van der Waals surface area contributed by atoms with Crippen LogP contribution in [0.3, 0.4) is 0 Å². The van der Waals surface area contributed by atoms with E-state index < -0.39 is 12.0 Å². The van der Waals surface area contributed by atoms with Crippen LogP contribution in [0.15, 0.2) is 57.5 Å². The fourth-order valence-electron chi connectivity index (χ4n) is 3.95. The number of carbonyl (C=O) groups excluding carboxylic acids is 1. The van der Waals surface area contributed by atoms with E-state index in [2.05, 4.69) is 4.99 Å². The molecule has 3 heterocycles. The fraction of sp³-hybridized carbons (Fsp3) is 0.208. The van der Waals surface area contributed by atoms with Crippen molar-refractivity contribution in [3.8, 4) is 11.5 Å². The first-order valence-electron chi connectivity index (χ1n) is 10.4. The lowest BCUT2D eigenvalue weighted by Crippen LogP contribution is -2.39. The van der Waals surface area contributed by atoms with Gasteiger partial charge in [0, 0.05) is 10.0 Å². The van der Waals surface area contributed by atoms with Crippen LogP contribution < -0.4 is 24.4 Å². The lowest BCUT2D eigenvalue weighted by molar-refractivity contribution is -0.139. The summed E-state index contributed by atoms with van der Waals surface area (Å²) in [4.78, 5) is 31.6. The Balaban J connectivity index is 1.73. The van der Waals surface area contributed by atoms with Gasteiger partial charge >= 0.3 is 5.97 Å². The number of fused-ring (bicyclic) bond motifs is 2. The number of allylic oxidation sites excluding steroid dienone is 1. The van der Waals surface area contributed by atoms with Crippen molar-refractivity contribution in [2.45, 2.75) is 19.9 Å². The Morgan fingerprint density at radius 1 is 1.24 bits per heavy atom. The Kier molecular flexibility index (Phi) is 5.97. The van der Waals surface area contributed by atoms with Crippen molar-refractivity contribution in [2.75, 3.05) is 13.4 Å². The highest BCUT2D eigenvalue weighted by atomic mass is 35.5. The van der Waals surface area contributed by atoms with Gasteiger partial charge in [-0.3, -0.25) is 9.36 Å². The molecule has 34 heavy (non-hydrogen) atoms. The average Bonchev–Trinajstić information content (AvgIpc) is 3.38. The van der Waals surface area contributed by atoms with E-state index in [-0.39, 0.29) is 19.0 Å². The summed E-state index contributed by atoms with van der Waals surface area (Å²) in [5, 5.41) is 0.926. The van der Waals surface area contributed by atoms with Crippen LogP contribution >= 0.6 is 34.5 Å². The van der Waals surface area contributed by atoms with Crippen molar-refractivity contribution >= 4 is 46.6 Å². The zero-order valence-corrected chi connectivity index (χ0v) is 20.5. The third-order valence-electron chi connectivity index (χ3n) is 5.48. The Labute approximate surface area is 208 Å². The summed E-state index contributed by atoms with van der Waals surface area (Å²) >= 11 is 13.5. The monoisotopic (exact) mass is 516 g/mol. The first-order valence-corrected chi connectivity index (χ1v) is 12.0. The summed E-state index contributed by atoms with van der Waals surface area (Å²) in [6.45, 7) is 3.78. The summed E-state index contributed by atoms with van der Waals surface area (Å²) in [6.07, 6.45) is 1.70. The molecule has 10 heteroatoms. The van der Waals surface area contributed by atoms with E-state index in [9.17, 15) is 9.59 Å². The number of aromatic nitrogens is 1. The molecule has 1 unspecified atom stereocenters. The topological polar surface area (TPSA) is 79.1 Å². The highest BCUT2D eigenvalue weighted by Crippen LogP contribution is 2.38. The second-order valence-corrected chi connectivity index (χ2v) is 9.43.